The van der Waals surface area contributed by atoms with E-state index in [1.807, 2.05) is 20.8 Å². The van der Waals surface area contributed by atoms with Crippen molar-refractivity contribution in [2.45, 2.75) is 122 Å². The number of esters is 1. The molecule has 4 aromatic rings. The highest BCUT2D eigenvalue weighted by Crippen LogP contribution is 2.41. The number of nitrogens with two attached hydrogens (primary N) is 1. The molecule has 0 spiro atoms. The number of thioether (sulfide) groups is 2. The number of hydrogen-bond donors (Lipinski definition) is 7. The van der Waals surface area contributed by atoms with Gasteiger partial charge in [0.15, 0.2) is 5.60 Å². The first-order valence-electron chi connectivity index (χ1n) is 26.3. The van der Waals surface area contributed by atoms with Crippen LogP contribution in [-0.2, 0) is 65.2 Å². The topological polar surface area (TPSA) is 320 Å². The number of anilines is 1. The van der Waals surface area contributed by atoms with Gasteiger partial charge in [0, 0.05) is 73.9 Å². The maximum absolute atomic E-state index is 13.7. The van der Waals surface area contributed by atoms with Crippen molar-refractivity contribution in [3.8, 4) is 17.1 Å². The number of aromatic nitrogens is 2. The van der Waals surface area contributed by atoms with Crippen molar-refractivity contribution < 1.29 is 62.8 Å². The molecule has 0 saturated carbocycles. The van der Waals surface area contributed by atoms with E-state index >= 15 is 0 Å². The van der Waals surface area contributed by atoms with Gasteiger partial charge in [-0.1, -0.05) is 39.8 Å². The Morgan fingerprint density at radius 3 is 2.23 bits per heavy atom. The number of nitrogens with zero attached hydrogens (tertiary/aromatic N) is 4. The van der Waals surface area contributed by atoms with Crippen molar-refractivity contribution in [2.75, 3.05) is 50.6 Å². The molecule has 0 bridgehead atoms. The normalized spacial score (nSPS) is 15.1. The van der Waals surface area contributed by atoms with E-state index in [-0.39, 0.29) is 110 Å². The summed E-state index contributed by atoms with van der Waals surface area (Å²) in [5.41, 5.74) is 7.67. The number of hydrogen-bond acceptors (Lipinski definition) is 16. The van der Waals surface area contributed by atoms with Gasteiger partial charge in [-0.05, 0) is 93.0 Å². The molecule has 0 unspecified atom stereocenters. The SMILES string of the molecule is CCc1c2c(nc3ccc(OC(=O)N(C)CCN(C)C(=O)OCc4ccc(NC(=O)[C@H](CCCNC(N)=O)NC(=O)[C@@H](NC(=O)CCSC(C)(C)SCCC(=O)O)C(C)C)cc4)cc13)-c1cc3c(c(=O)n1C2)COC(=O)[C@]3(O)CC. The minimum atomic E-state index is -1.95. The highest BCUT2D eigenvalue weighted by molar-refractivity contribution is 8.18. The van der Waals surface area contributed by atoms with Crippen LogP contribution in [0.2, 0.25) is 0 Å². The number of rotatable bonds is 26. The Balaban J connectivity index is 0.985. The zero-order valence-electron chi connectivity index (χ0n) is 46.2. The molecule has 0 saturated heterocycles. The highest BCUT2D eigenvalue weighted by Gasteiger charge is 2.45. The zero-order chi connectivity index (χ0) is 58.6. The number of carbonyl (C=O) groups is 8. The second-order valence-electron chi connectivity index (χ2n) is 20.3. The van der Waals surface area contributed by atoms with Gasteiger partial charge in [0.25, 0.3) is 5.56 Å². The minimum absolute atomic E-state index is 0.0254. The molecule has 432 valence electrons. The van der Waals surface area contributed by atoms with Crippen LogP contribution in [0.3, 0.4) is 0 Å². The summed E-state index contributed by atoms with van der Waals surface area (Å²) >= 11 is 2.99. The molecule has 25 heteroatoms. The summed E-state index contributed by atoms with van der Waals surface area (Å²) in [6.07, 6.45) is -0.217. The second-order valence-corrected chi connectivity index (χ2v) is 24.0. The Labute approximate surface area is 471 Å². The molecule has 0 fully saturated rings. The third-order valence-corrected chi connectivity index (χ3v) is 16.6. The fourth-order valence-corrected chi connectivity index (χ4v) is 11.5. The Morgan fingerprint density at radius 1 is 0.912 bits per heavy atom. The number of primary amides is 1. The Morgan fingerprint density at radius 2 is 1.59 bits per heavy atom. The van der Waals surface area contributed by atoms with Gasteiger partial charge in [-0.15, -0.1) is 23.5 Å². The summed E-state index contributed by atoms with van der Waals surface area (Å²) in [7, 11) is 3.05. The third kappa shape index (κ3) is 15.5. The van der Waals surface area contributed by atoms with E-state index in [4.69, 9.17) is 30.0 Å². The number of carboxylic acids is 1. The van der Waals surface area contributed by atoms with Gasteiger partial charge in [-0.2, -0.15) is 0 Å². The lowest BCUT2D eigenvalue weighted by Crippen LogP contribution is -2.54. The summed E-state index contributed by atoms with van der Waals surface area (Å²) in [6.45, 7) is 11.2. The van der Waals surface area contributed by atoms with Crippen LogP contribution in [0.5, 0.6) is 5.75 Å². The van der Waals surface area contributed by atoms with E-state index < -0.39 is 59.7 Å². The summed E-state index contributed by atoms with van der Waals surface area (Å²) in [5.74, 6) is -2.39. The number of likely N-dealkylation sites (N-methyl/N-ethyl adjacent to an activating group) is 2. The maximum Gasteiger partial charge on any atom is 0.415 e. The van der Waals surface area contributed by atoms with Crippen LogP contribution in [0.4, 0.5) is 20.1 Å². The molecule has 23 nitrogen and oxygen atoms in total. The van der Waals surface area contributed by atoms with Gasteiger partial charge in [0.1, 0.15) is 31.0 Å². The van der Waals surface area contributed by atoms with Crippen molar-refractivity contribution >= 4 is 88.0 Å². The average molecular weight is 1150 g/mol. The summed E-state index contributed by atoms with van der Waals surface area (Å²) in [5, 5.41) is 31.7. The molecule has 80 heavy (non-hydrogen) atoms. The van der Waals surface area contributed by atoms with Crippen LogP contribution in [0.25, 0.3) is 22.3 Å². The largest absolute Gasteiger partial charge is 0.481 e. The molecule has 6 rings (SSSR count). The van der Waals surface area contributed by atoms with Gasteiger partial charge >= 0.3 is 30.2 Å². The number of aryl methyl sites for hydroxylation is 1. The number of nitrogens with one attached hydrogen (secondary N) is 4. The van der Waals surface area contributed by atoms with Crippen LogP contribution in [0.15, 0.2) is 53.3 Å². The standard InChI is InChI=1S/C55H71N9O14S2/c1-9-35-36-26-34(17-18-40(36)59-46-37(35)28-64-42(46)27-39-38(49(64)70)30-76-50(71)55(39,75)10-2)78-53(74)63(8)23-22-62(7)52(73)77-29-32-13-15-33(16-14-32)58-47(68)41(12-11-21-57-51(56)72)60-48(69)45(31(3)4)61-43(65)19-24-79-54(5,6)80-25-20-44(66)67/h13-18,26-27,31,41,45,75H,9-12,19-25,28-30H2,1-8H3,(H,58,68)(H,60,69)(H,61,65)(H,66,67)(H3,56,57,72)/t41-,45-,55-/m0/s1. The predicted octanol–water partition coefficient (Wildman–Crippen LogP) is 5.42. The summed E-state index contributed by atoms with van der Waals surface area (Å²) < 4.78 is 17.7. The molecule has 2 aliphatic heterocycles. The predicted molar refractivity (Wildman–Crippen MR) is 302 cm³/mol. The van der Waals surface area contributed by atoms with Crippen LogP contribution >= 0.6 is 23.5 Å². The van der Waals surface area contributed by atoms with Crippen molar-refractivity contribution in [1.82, 2.24) is 35.3 Å². The van der Waals surface area contributed by atoms with Crippen molar-refractivity contribution in [1.29, 1.82) is 0 Å². The van der Waals surface area contributed by atoms with Crippen LogP contribution in [0.1, 0.15) is 101 Å². The Kier molecular flexibility index (Phi) is 21.0. The van der Waals surface area contributed by atoms with Gasteiger partial charge < -0.3 is 65.8 Å². The van der Waals surface area contributed by atoms with Gasteiger partial charge in [-0.3, -0.25) is 24.0 Å². The first-order valence-corrected chi connectivity index (χ1v) is 28.3. The highest BCUT2D eigenvalue weighted by atomic mass is 32.2. The van der Waals surface area contributed by atoms with E-state index in [0.29, 0.717) is 46.1 Å². The van der Waals surface area contributed by atoms with Crippen molar-refractivity contribution in [3.05, 3.63) is 86.7 Å². The number of ether oxygens (including phenoxy) is 3. The molecule has 3 atom stereocenters. The minimum Gasteiger partial charge on any atom is -0.481 e. The molecular weight excluding hydrogens is 1070 g/mol. The lowest BCUT2D eigenvalue weighted by molar-refractivity contribution is -0.172. The van der Waals surface area contributed by atoms with Crippen LogP contribution in [-0.4, -0.2) is 139 Å². The molecule has 7 amide bonds. The molecule has 2 aromatic heterocycles. The van der Waals surface area contributed by atoms with E-state index in [2.05, 4.69) is 21.3 Å². The Bertz CT molecular complexity index is 3060. The third-order valence-electron chi connectivity index (χ3n) is 13.7. The number of pyridine rings is 2. The van der Waals surface area contributed by atoms with E-state index in [1.54, 1.807) is 73.9 Å². The quantitative estimate of drug-likeness (QED) is 0.0206. The number of carbonyl (C=O) groups excluding carboxylic acids is 7. The second kappa shape index (κ2) is 27.2. The van der Waals surface area contributed by atoms with Crippen LogP contribution < -0.4 is 37.3 Å². The lowest BCUT2D eigenvalue weighted by atomic mass is 9.86. The molecule has 4 heterocycles. The summed E-state index contributed by atoms with van der Waals surface area (Å²) in [6, 6.07) is 10.4. The molecule has 2 aromatic carbocycles. The fourth-order valence-electron chi connectivity index (χ4n) is 9.08. The molecule has 0 radical (unpaired) electrons. The number of cyclic esters (lactones) is 1. The number of benzene rings is 2. The molecule has 2 aliphatic rings. The zero-order valence-corrected chi connectivity index (χ0v) is 47.9. The first-order chi connectivity index (χ1) is 37.9. The van der Waals surface area contributed by atoms with Crippen molar-refractivity contribution in [2.24, 2.45) is 11.7 Å². The Hall–Kier alpha value is -7.38. The number of amides is 7. The van der Waals surface area contributed by atoms with Gasteiger partial charge in [0.05, 0.1) is 39.5 Å². The van der Waals surface area contributed by atoms with E-state index in [0.717, 1.165) is 16.5 Å². The average Bonchev–Trinajstić information content (AvgIpc) is 4.01. The van der Waals surface area contributed by atoms with E-state index in [9.17, 15) is 48.3 Å². The number of aliphatic carboxylic acids is 1. The maximum atomic E-state index is 13.7. The number of urea groups is 1. The number of carboxylic acid groups (broad SMARTS) is 1. The van der Waals surface area contributed by atoms with E-state index in [1.165, 1.54) is 47.4 Å². The van der Waals surface area contributed by atoms with Gasteiger partial charge in [0.2, 0.25) is 17.7 Å². The number of aliphatic hydroxyl groups is 1. The molecular formula is C55H71N9O14S2. The number of fused-ring (bicyclic) bond motifs is 5. The summed E-state index contributed by atoms with van der Waals surface area (Å²) in [4.78, 5) is 123. The smallest absolute Gasteiger partial charge is 0.415 e. The first kappa shape index (κ1) is 61.8. The van der Waals surface area contributed by atoms with Crippen molar-refractivity contribution in [3.63, 3.8) is 0 Å². The van der Waals surface area contributed by atoms with Gasteiger partial charge in [-0.25, -0.2) is 24.2 Å². The molecule has 0 aliphatic carbocycles. The monoisotopic (exact) mass is 1150 g/mol. The van der Waals surface area contributed by atoms with Crippen LogP contribution in [0, 0.1) is 5.92 Å². The lowest BCUT2D eigenvalue weighted by Gasteiger charge is -2.31. The molecule has 8 N–H and O–H groups in total. The fraction of sp³-hybridized carbons (Fsp3) is 0.491.